The molecule has 0 bridgehead atoms. The van der Waals surface area contributed by atoms with Crippen molar-refractivity contribution in [1.29, 1.82) is 0 Å². The average Bonchev–Trinajstić information content (AvgIpc) is 2.40. The highest BCUT2D eigenvalue weighted by atomic mass is 14.6. The summed E-state index contributed by atoms with van der Waals surface area (Å²) < 4.78 is 0. The Hall–Kier alpha value is -0.260. The van der Waals surface area contributed by atoms with Crippen molar-refractivity contribution in [2.45, 2.75) is 39.5 Å². The highest BCUT2D eigenvalue weighted by molar-refractivity contribution is 5.16. The smallest absolute Gasteiger partial charge is 0.0229 e. The van der Waals surface area contributed by atoms with Crippen LogP contribution in [0.5, 0.6) is 0 Å². The third kappa shape index (κ3) is 0.744. The van der Waals surface area contributed by atoms with Crippen molar-refractivity contribution in [3.63, 3.8) is 0 Å². The van der Waals surface area contributed by atoms with E-state index in [4.69, 9.17) is 0 Å². The summed E-state index contributed by atoms with van der Waals surface area (Å²) in [6.07, 6.45) is 8.24. The number of fused-ring (bicyclic) bond motifs is 1. The Morgan fingerprint density at radius 3 is 2.80 bits per heavy atom. The normalized spacial score (nSPS) is 44.2. The van der Waals surface area contributed by atoms with E-state index in [1.807, 2.05) is 0 Å². The van der Waals surface area contributed by atoms with Crippen LogP contribution in [0.15, 0.2) is 11.6 Å². The van der Waals surface area contributed by atoms with Gasteiger partial charge in [0, 0.05) is 0 Å². The summed E-state index contributed by atoms with van der Waals surface area (Å²) in [5.74, 6) is 1.14. The Labute approximate surface area is 63.3 Å². The van der Waals surface area contributed by atoms with Crippen LogP contribution in [-0.2, 0) is 0 Å². The van der Waals surface area contributed by atoms with Crippen LogP contribution in [0.1, 0.15) is 39.5 Å². The zero-order valence-electron chi connectivity index (χ0n) is 6.98. The highest BCUT2D eigenvalue weighted by Crippen LogP contribution is 2.70. The summed E-state index contributed by atoms with van der Waals surface area (Å²) in [6.45, 7) is 4.42. The maximum atomic E-state index is 2.27. The molecule has 2 atom stereocenters. The maximum Gasteiger partial charge on any atom is -0.0229 e. The van der Waals surface area contributed by atoms with Gasteiger partial charge in [0.25, 0.3) is 0 Å². The first-order chi connectivity index (χ1) is 4.77. The molecule has 2 aliphatic rings. The molecule has 0 radical (unpaired) electrons. The minimum atomic E-state index is 0.844. The van der Waals surface area contributed by atoms with Gasteiger partial charge < -0.3 is 0 Å². The number of allylic oxidation sites excluding steroid dienone is 2. The monoisotopic (exact) mass is 136 g/mol. The SMILES string of the molecule is CC=C(C)CC12CCC1C2. The fourth-order valence-electron chi connectivity index (χ4n) is 2.35. The second-order valence-corrected chi connectivity index (χ2v) is 4.11. The van der Waals surface area contributed by atoms with E-state index in [1.165, 1.54) is 25.7 Å². The summed E-state index contributed by atoms with van der Waals surface area (Å²) in [4.78, 5) is 0. The Balaban J connectivity index is 1.92. The highest BCUT2D eigenvalue weighted by Gasteiger charge is 2.60. The molecule has 2 rings (SSSR count). The van der Waals surface area contributed by atoms with Crippen molar-refractivity contribution in [2.24, 2.45) is 11.3 Å². The minimum absolute atomic E-state index is 0.844. The van der Waals surface area contributed by atoms with Gasteiger partial charge in [-0.25, -0.2) is 0 Å². The molecule has 0 aromatic rings. The second-order valence-electron chi connectivity index (χ2n) is 4.11. The van der Waals surface area contributed by atoms with Crippen LogP contribution in [0.3, 0.4) is 0 Å². The van der Waals surface area contributed by atoms with Crippen LogP contribution < -0.4 is 0 Å². The predicted octanol–water partition coefficient (Wildman–Crippen LogP) is 3.14. The van der Waals surface area contributed by atoms with Crippen LogP contribution >= 0.6 is 0 Å². The van der Waals surface area contributed by atoms with Crippen LogP contribution in [0.4, 0.5) is 0 Å². The Morgan fingerprint density at radius 2 is 2.50 bits per heavy atom. The zero-order valence-corrected chi connectivity index (χ0v) is 6.98. The van der Waals surface area contributed by atoms with E-state index in [2.05, 4.69) is 19.9 Å². The second kappa shape index (κ2) is 1.87. The lowest BCUT2D eigenvalue weighted by Gasteiger charge is -2.25. The van der Waals surface area contributed by atoms with Gasteiger partial charge in [0.15, 0.2) is 0 Å². The van der Waals surface area contributed by atoms with Crippen LogP contribution in [-0.4, -0.2) is 0 Å². The molecule has 2 fully saturated rings. The topological polar surface area (TPSA) is 0 Å². The first-order valence-electron chi connectivity index (χ1n) is 4.39. The first-order valence-corrected chi connectivity index (χ1v) is 4.39. The van der Waals surface area contributed by atoms with E-state index in [0.717, 1.165) is 11.3 Å². The summed E-state index contributed by atoms with van der Waals surface area (Å²) in [5, 5.41) is 0. The van der Waals surface area contributed by atoms with Gasteiger partial charge >= 0.3 is 0 Å². The molecule has 0 heteroatoms. The minimum Gasteiger partial charge on any atom is -0.0887 e. The molecular formula is C10H16. The van der Waals surface area contributed by atoms with Crippen molar-refractivity contribution in [1.82, 2.24) is 0 Å². The quantitative estimate of drug-likeness (QED) is 0.511. The van der Waals surface area contributed by atoms with E-state index >= 15 is 0 Å². The van der Waals surface area contributed by atoms with E-state index in [1.54, 1.807) is 5.57 Å². The van der Waals surface area contributed by atoms with Gasteiger partial charge in [-0.3, -0.25) is 0 Å². The Bertz CT molecular complexity index is 174. The van der Waals surface area contributed by atoms with Crippen molar-refractivity contribution in [3.05, 3.63) is 11.6 Å². The molecule has 0 N–H and O–H groups in total. The molecule has 0 nitrogen and oxygen atoms in total. The van der Waals surface area contributed by atoms with E-state index < -0.39 is 0 Å². The molecule has 2 aliphatic carbocycles. The molecule has 0 heterocycles. The largest absolute Gasteiger partial charge is 0.0887 e. The lowest BCUT2D eigenvalue weighted by molar-refractivity contribution is 0.291. The number of rotatable bonds is 2. The van der Waals surface area contributed by atoms with Gasteiger partial charge in [-0.2, -0.15) is 0 Å². The van der Waals surface area contributed by atoms with Crippen molar-refractivity contribution < 1.29 is 0 Å². The fraction of sp³-hybridized carbons (Fsp3) is 0.800. The standard InChI is InChI=1S/C10H16/c1-3-8(2)6-10-5-4-9(10)7-10/h3,9H,4-7H2,1-2H3. The molecular weight excluding hydrogens is 120 g/mol. The molecule has 2 unspecified atom stereocenters. The van der Waals surface area contributed by atoms with Crippen molar-refractivity contribution in [3.8, 4) is 0 Å². The van der Waals surface area contributed by atoms with E-state index in [9.17, 15) is 0 Å². The van der Waals surface area contributed by atoms with Gasteiger partial charge in [0.1, 0.15) is 0 Å². The molecule has 0 saturated heterocycles. The predicted molar refractivity (Wildman–Crippen MR) is 43.8 cm³/mol. The Morgan fingerprint density at radius 1 is 1.70 bits per heavy atom. The molecule has 0 aromatic carbocycles. The maximum absolute atomic E-state index is 2.27. The van der Waals surface area contributed by atoms with Crippen LogP contribution in [0.2, 0.25) is 0 Å². The van der Waals surface area contributed by atoms with Crippen molar-refractivity contribution in [2.75, 3.05) is 0 Å². The van der Waals surface area contributed by atoms with Gasteiger partial charge in [-0.05, 0) is 50.9 Å². The fourth-order valence-corrected chi connectivity index (χ4v) is 2.35. The molecule has 0 spiro atoms. The summed E-state index contributed by atoms with van der Waals surface area (Å²) in [5.41, 5.74) is 2.44. The summed E-state index contributed by atoms with van der Waals surface area (Å²) >= 11 is 0. The first kappa shape index (κ1) is 6.45. The van der Waals surface area contributed by atoms with Crippen molar-refractivity contribution >= 4 is 0 Å². The van der Waals surface area contributed by atoms with Crippen LogP contribution in [0.25, 0.3) is 0 Å². The molecule has 56 valence electrons. The lowest BCUT2D eigenvalue weighted by atomic mass is 9.80. The molecule has 10 heavy (non-hydrogen) atoms. The zero-order chi connectivity index (χ0) is 7.19. The average molecular weight is 136 g/mol. The van der Waals surface area contributed by atoms with Gasteiger partial charge in [-0.1, -0.05) is 11.6 Å². The van der Waals surface area contributed by atoms with Gasteiger partial charge in [-0.15, -0.1) is 0 Å². The van der Waals surface area contributed by atoms with Gasteiger partial charge in [0.2, 0.25) is 0 Å². The molecule has 0 aliphatic heterocycles. The molecule has 2 saturated carbocycles. The lowest BCUT2D eigenvalue weighted by Crippen LogP contribution is -2.14. The van der Waals surface area contributed by atoms with Gasteiger partial charge in [0.05, 0.1) is 0 Å². The Kier molecular flexibility index (Phi) is 1.21. The summed E-state index contributed by atoms with van der Waals surface area (Å²) in [6, 6.07) is 0. The molecule has 0 aromatic heterocycles. The number of hydrogen-bond donors (Lipinski definition) is 0. The number of hydrogen-bond acceptors (Lipinski definition) is 0. The third-order valence-electron chi connectivity index (χ3n) is 3.47. The van der Waals surface area contributed by atoms with E-state index in [-0.39, 0.29) is 0 Å². The van der Waals surface area contributed by atoms with Crippen LogP contribution in [0, 0.1) is 11.3 Å². The summed E-state index contributed by atoms with van der Waals surface area (Å²) in [7, 11) is 0. The van der Waals surface area contributed by atoms with E-state index in [0.29, 0.717) is 0 Å². The molecule has 0 amide bonds. The third-order valence-corrected chi connectivity index (χ3v) is 3.47.